The van der Waals surface area contributed by atoms with Crippen molar-refractivity contribution in [2.75, 3.05) is 13.2 Å². The normalized spacial score (nSPS) is 11.9. The smallest absolute Gasteiger partial charge is 0.131 e. The average Bonchev–Trinajstić information content (AvgIpc) is 2.35. The molecule has 0 heterocycles. The van der Waals surface area contributed by atoms with Gasteiger partial charge in [-0.05, 0) is 26.0 Å². The van der Waals surface area contributed by atoms with Gasteiger partial charge in [-0.25, -0.2) is 4.39 Å². The zero-order valence-corrected chi connectivity index (χ0v) is 11.0. The molecule has 0 aliphatic rings. The Morgan fingerprint density at radius 3 is 2.89 bits per heavy atom. The van der Waals surface area contributed by atoms with E-state index in [1.54, 1.807) is 12.1 Å². The molecule has 0 aliphatic carbocycles. The molecular weight excluding hydrogens is 229 g/mol. The van der Waals surface area contributed by atoms with Gasteiger partial charge in [-0.2, -0.15) is 0 Å². The first-order chi connectivity index (χ1) is 8.69. The molecule has 18 heavy (non-hydrogen) atoms. The summed E-state index contributed by atoms with van der Waals surface area (Å²) in [5.41, 5.74) is 0.660. The topological polar surface area (TPSA) is 21.3 Å². The van der Waals surface area contributed by atoms with Gasteiger partial charge in [0.25, 0.3) is 0 Å². The number of unbranched alkanes of at least 4 members (excludes halogenated alkanes) is 1. The fourth-order valence-corrected chi connectivity index (χ4v) is 1.73. The SMILES string of the molecule is C#CCCCOc1ccc(C(C)NCC)c(F)c1. The standard InChI is InChI=1S/C15H20FNO/c1-4-6-7-10-18-13-8-9-14(15(16)11-13)12(3)17-5-2/h1,8-9,11-12,17H,5-7,10H2,2-3H3. The van der Waals surface area contributed by atoms with Crippen molar-refractivity contribution in [2.45, 2.75) is 32.7 Å². The van der Waals surface area contributed by atoms with E-state index in [1.165, 1.54) is 6.07 Å². The Morgan fingerprint density at radius 2 is 2.28 bits per heavy atom. The molecular formula is C15H20FNO. The molecule has 0 saturated carbocycles. The fourth-order valence-electron chi connectivity index (χ4n) is 1.73. The van der Waals surface area contributed by atoms with E-state index in [0.717, 1.165) is 13.0 Å². The van der Waals surface area contributed by atoms with Gasteiger partial charge in [-0.1, -0.05) is 13.0 Å². The van der Waals surface area contributed by atoms with Crippen LogP contribution in [0.5, 0.6) is 5.75 Å². The Bertz CT molecular complexity index is 411. The minimum absolute atomic E-state index is 0.00508. The number of nitrogens with one attached hydrogen (secondary N) is 1. The predicted molar refractivity (Wildman–Crippen MR) is 72.1 cm³/mol. The molecule has 0 aromatic heterocycles. The summed E-state index contributed by atoms with van der Waals surface area (Å²) < 4.78 is 19.3. The van der Waals surface area contributed by atoms with Gasteiger partial charge in [0.05, 0.1) is 6.61 Å². The highest BCUT2D eigenvalue weighted by Gasteiger charge is 2.10. The van der Waals surface area contributed by atoms with E-state index in [1.807, 2.05) is 13.8 Å². The second-order valence-electron chi connectivity index (χ2n) is 4.12. The molecule has 0 amide bonds. The van der Waals surface area contributed by atoms with E-state index < -0.39 is 0 Å². The van der Waals surface area contributed by atoms with Crippen LogP contribution >= 0.6 is 0 Å². The Balaban J connectivity index is 2.59. The Labute approximate surface area is 109 Å². The number of rotatable bonds is 7. The lowest BCUT2D eigenvalue weighted by atomic mass is 10.1. The summed E-state index contributed by atoms with van der Waals surface area (Å²) in [5, 5.41) is 3.18. The molecule has 0 aliphatic heterocycles. The van der Waals surface area contributed by atoms with Crippen molar-refractivity contribution in [1.82, 2.24) is 5.32 Å². The lowest BCUT2D eigenvalue weighted by Gasteiger charge is -2.14. The summed E-state index contributed by atoms with van der Waals surface area (Å²) in [6.07, 6.45) is 6.61. The molecule has 0 saturated heterocycles. The number of hydrogen-bond acceptors (Lipinski definition) is 2. The molecule has 3 heteroatoms. The highest BCUT2D eigenvalue weighted by Crippen LogP contribution is 2.22. The second-order valence-corrected chi connectivity index (χ2v) is 4.12. The third-order valence-corrected chi connectivity index (χ3v) is 2.68. The first-order valence-electron chi connectivity index (χ1n) is 6.28. The molecule has 0 spiro atoms. The van der Waals surface area contributed by atoms with E-state index in [-0.39, 0.29) is 11.9 Å². The van der Waals surface area contributed by atoms with Crippen molar-refractivity contribution in [3.63, 3.8) is 0 Å². The van der Waals surface area contributed by atoms with Crippen LogP contribution in [0.15, 0.2) is 18.2 Å². The van der Waals surface area contributed by atoms with Crippen molar-refractivity contribution >= 4 is 0 Å². The third kappa shape index (κ3) is 4.38. The summed E-state index contributed by atoms with van der Waals surface area (Å²) in [7, 11) is 0. The zero-order chi connectivity index (χ0) is 13.4. The first-order valence-corrected chi connectivity index (χ1v) is 6.28. The Kier molecular flexibility index (Phi) is 6.24. The maximum atomic E-state index is 13.8. The number of hydrogen-bond donors (Lipinski definition) is 1. The summed E-state index contributed by atoms with van der Waals surface area (Å²) in [5.74, 6) is 2.86. The van der Waals surface area contributed by atoms with Crippen LogP contribution in [0.25, 0.3) is 0 Å². The van der Waals surface area contributed by atoms with Crippen LogP contribution in [-0.4, -0.2) is 13.2 Å². The maximum Gasteiger partial charge on any atom is 0.131 e. The third-order valence-electron chi connectivity index (χ3n) is 2.68. The predicted octanol–water partition coefficient (Wildman–Crippen LogP) is 3.29. The van der Waals surface area contributed by atoms with Crippen LogP contribution in [0, 0.1) is 18.2 Å². The first kappa shape index (κ1) is 14.5. The molecule has 1 aromatic rings. The second kappa shape index (κ2) is 7.73. The van der Waals surface area contributed by atoms with Crippen LogP contribution in [0.4, 0.5) is 4.39 Å². The summed E-state index contributed by atoms with van der Waals surface area (Å²) >= 11 is 0. The van der Waals surface area contributed by atoms with E-state index in [2.05, 4.69) is 11.2 Å². The van der Waals surface area contributed by atoms with Crippen LogP contribution in [-0.2, 0) is 0 Å². The van der Waals surface area contributed by atoms with Crippen LogP contribution < -0.4 is 10.1 Å². The van der Waals surface area contributed by atoms with Gasteiger partial charge in [0.2, 0.25) is 0 Å². The molecule has 0 bridgehead atoms. The average molecular weight is 249 g/mol. The monoisotopic (exact) mass is 249 g/mol. The van der Waals surface area contributed by atoms with Gasteiger partial charge in [0.15, 0.2) is 0 Å². The highest BCUT2D eigenvalue weighted by atomic mass is 19.1. The van der Waals surface area contributed by atoms with Gasteiger partial charge in [-0.15, -0.1) is 12.3 Å². The van der Waals surface area contributed by atoms with Crippen molar-refractivity contribution in [2.24, 2.45) is 0 Å². The summed E-state index contributed by atoms with van der Waals surface area (Å²) in [6, 6.07) is 4.99. The van der Waals surface area contributed by atoms with Crippen molar-refractivity contribution in [3.05, 3.63) is 29.6 Å². The molecule has 98 valence electrons. The van der Waals surface area contributed by atoms with Gasteiger partial charge in [0.1, 0.15) is 11.6 Å². The lowest BCUT2D eigenvalue weighted by molar-refractivity contribution is 0.311. The number of halogens is 1. The molecule has 1 atom stereocenters. The zero-order valence-electron chi connectivity index (χ0n) is 11.0. The van der Waals surface area contributed by atoms with Crippen LogP contribution in [0.2, 0.25) is 0 Å². The van der Waals surface area contributed by atoms with Gasteiger partial charge in [-0.3, -0.25) is 0 Å². The van der Waals surface area contributed by atoms with Crippen molar-refractivity contribution in [1.29, 1.82) is 0 Å². The number of terminal acetylenes is 1. The molecule has 0 radical (unpaired) electrons. The highest BCUT2D eigenvalue weighted by molar-refractivity contribution is 5.30. The largest absolute Gasteiger partial charge is 0.493 e. The number of ether oxygens (including phenoxy) is 1. The van der Waals surface area contributed by atoms with E-state index in [9.17, 15) is 4.39 Å². The van der Waals surface area contributed by atoms with E-state index in [4.69, 9.17) is 11.2 Å². The molecule has 1 N–H and O–H groups in total. The van der Waals surface area contributed by atoms with E-state index >= 15 is 0 Å². The molecule has 1 rings (SSSR count). The fraction of sp³-hybridized carbons (Fsp3) is 0.467. The molecule has 1 unspecified atom stereocenters. The Hall–Kier alpha value is -1.53. The maximum absolute atomic E-state index is 13.8. The minimum atomic E-state index is -0.238. The van der Waals surface area contributed by atoms with Crippen LogP contribution in [0.3, 0.4) is 0 Å². The van der Waals surface area contributed by atoms with Crippen molar-refractivity contribution in [3.8, 4) is 18.1 Å². The van der Waals surface area contributed by atoms with Gasteiger partial charge < -0.3 is 10.1 Å². The van der Waals surface area contributed by atoms with Gasteiger partial charge in [0, 0.05) is 24.1 Å². The minimum Gasteiger partial charge on any atom is -0.493 e. The molecule has 0 fully saturated rings. The molecule has 1 aromatic carbocycles. The van der Waals surface area contributed by atoms with E-state index in [0.29, 0.717) is 24.3 Å². The lowest BCUT2D eigenvalue weighted by Crippen LogP contribution is -2.18. The Morgan fingerprint density at radius 1 is 1.50 bits per heavy atom. The quantitative estimate of drug-likeness (QED) is 0.591. The van der Waals surface area contributed by atoms with Crippen molar-refractivity contribution < 1.29 is 9.13 Å². The number of benzene rings is 1. The van der Waals surface area contributed by atoms with Crippen LogP contribution in [0.1, 0.15) is 38.3 Å². The molecule has 2 nitrogen and oxygen atoms in total. The van der Waals surface area contributed by atoms with Gasteiger partial charge >= 0.3 is 0 Å². The summed E-state index contributed by atoms with van der Waals surface area (Å²) in [6.45, 7) is 5.27. The summed E-state index contributed by atoms with van der Waals surface area (Å²) in [4.78, 5) is 0.